The van der Waals surface area contributed by atoms with Crippen LogP contribution in [0.1, 0.15) is 29.2 Å². The molecule has 1 nitrogen and oxygen atoms in total. The maximum Gasteiger partial charge on any atom is 0.0409 e. The standard InChI is InChI=1S/C17H20ClN/c1-13-5-3-6-14(11-13)9-10-17(19-2)15-7-4-8-16(18)12-15/h3-8,11-12,17,19H,9-10H2,1-2H3. The van der Waals surface area contributed by atoms with Crippen molar-refractivity contribution >= 4 is 11.6 Å². The van der Waals surface area contributed by atoms with Gasteiger partial charge in [-0.25, -0.2) is 0 Å². The minimum absolute atomic E-state index is 0.346. The topological polar surface area (TPSA) is 12.0 Å². The van der Waals surface area contributed by atoms with E-state index in [0.29, 0.717) is 6.04 Å². The molecule has 2 heteroatoms. The molecule has 0 aliphatic rings. The predicted octanol–water partition coefficient (Wildman–Crippen LogP) is 4.54. The molecule has 2 rings (SSSR count). The molecule has 19 heavy (non-hydrogen) atoms. The number of rotatable bonds is 5. The van der Waals surface area contributed by atoms with Crippen LogP contribution in [0.2, 0.25) is 5.02 Å². The van der Waals surface area contributed by atoms with Gasteiger partial charge in [-0.1, -0.05) is 53.6 Å². The van der Waals surface area contributed by atoms with Gasteiger partial charge in [0.2, 0.25) is 0 Å². The molecular weight excluding hydrogens is 254 g/mol. The van der Waals surface area contributed by atoms with Crippen molar-refractivity contribution in [3.8, 4) is 0 Å². The summed E-state index contributed by atoms with van der Waals surface area (Å²) in [4.78, 5) is 0. The molecule has 1 N–H and O–H groups in total. The van der Waals surface area contributed by atoms with Gasteiger partial charge >= 0.3 is 0 Å². The highest BCUT2D eigenvalue weighted by Gasteiger charge is 2.09. The van der Waals surface area contributed by atoms with Crippen molar-refractivity contribution in [3.63, 3.8) is 0 Å². The molecular formula is C17H20ClN. The second-order valence-electron chi connectivity index (χ2n) is 4.92. The van der Waals surface area contributed by atoms with Crippen molar-refractivity contribution in [2.24, 2.45) is 0 Å². The predicted molar refractivity (Wildman–Crippen MR) is 82.8 cm³/mol. The Balaban J connectivity index is 2.04. The van der Waals surface area contributed by atoms with E-state index in [1.54, 1.807) is 0 Å². The van der Waals surface area contributed by atoms with Crippen molar-refractivity contribution in [1.29, 1.82) is 0 Å². The van der Waals surface area contributed by atoms with Crippen LogP contribution in [-0.2, 0) is 6.42 Å². The Bertz CT molecular complexity index is 536. The van der Waals surface area contributed by atoms with E-state index in [4.69, 9.17) is 11.6 Å². The Morgan fingerprint density at radius 1 is 1.11 bits per heavy atom. The normalized spacial score (nSPS) is 12.4. The number of nitrogens with one attached hydrogen (secondary N) is 1. The van der Waals surface area contributed by atoms with Gasteiger partial charge in [0.1, 0.15) is 0 Å². The van der Waals surface area contributed by atoms with E-state index in [9.17, 15) is 0 Å². The molecule has 0 spiro atoms. The van der Waals surface area contributed by atoms with E-state index in [-0.39, 0.29) is 0 Å². The summed E-state index contributed by atoms with van der Waals surface area (Å²) in [6.45, 7) is 2.13. The maximum absolute atomic E-state index is 6.06. The lowest BCUT2D eigenvalue weighted by molar-refractivity contribution is 0.549. The number of hydrogen-bond donors (Lipinski definition) is 1. The molecule has 1 atom stereocenters. The quantitative estimate of drug-likeness (QED) is 0.843. The fourth-order valence-electron chi connectivity index (χ4n) is 2.38. The highest BCUT2D eigenvalue weighted by Crippen LogP contribution is 2.22. The number of aryl methyl sites for hydroxylation is 2. The van der Waals surface area contributed by atoms with Gasteiger partial charge in [0.05, 0.1) is 0 Å². The highest BCUT2D eigenvalue weighted by atomic mass is 35.5. The minimum atomic E-state index is 0.346. The van der Waals surface area contributed by atoms with Gasteiger partial charge in [0.25, 0.3) is 0 Å². The van der Waals surface area contributed by atoms with Crippen LogP contribution in [0.15, 0.2) is 48.5 Å². The third-order valence-corrected chi connectivity index (χ3v) is 3.64. The Morgan fingerprint density at radius 3 is 2.58 bits per heavy atom. The molecule has 0 amide bonds. The molecule has 0 aromatic heterocycles. The van der Waals surface area contributed by atoms with E-state index in [1.165, 1.54) is 16.7 Å². The smallest absolute Gasteiger partial charge is 0.0409 e. The van der Waals surface area contributed by atoms with Gasteiger partial charge in [-0.3, -0.25) is 0 Å². The Kier molecular flexibility index (Phi) is 5.00. The van der Waals surface area contributed by atoms with Gasteiger partial charge in [-0.15, -0.1) is 0 Å². The summed E-state index contributed by atoms with van der Waals surface area (Å²) in [5.41, 5.74) is 3.96. The SMILES string of the molecule is CNC(CCc1cccc(C)c1)c1cccc(Cl)c1. The summed E-state index contributed by atoms with van der Waals surface area (Å²) < 4.78 is 0. The van der Waals surface area contributed by atoms with Gasteiger partial charge in [-0.2, -0.15) is 0 Å². The zero-order chi connectivity index (χ0) is 13.7. The minimum Gasteiger partial charge on any atom is -0.313 e. The fraction of sp³-hybridized carbons (Fsp3) is 0.294. The first-order valence-electron chi connectivity index (χ1n) is 6.67. The van der Waals surface area contributed by atoms with E-state index < -0.39 is 0 Å². The van der Waals surface area contributed by atoms with Crippen molar-refractivity contribution < 1.29 is 0 Å². The lowest BCUT2D eigenvalue weighted by Gasteiger charge is -2.17. The molecule has 0 heterocycles. The number of halogens is 1. The summed E-state index contributed by atoms with van der Waals surface area (Å²) in [5, 5.41) is 4.17. The molecule has 0 saturated carbocycles. The van der Waals surface area contributed by atoms with E-state index in [1.807, 2.05) is 25.2 Å². The van der Waals surface area contributed by atoms with E-state index in [2.05, 4.69) is 42.6 Å². The molecule has 100 valence electrons. The van der Waals surface area contributed by atoms with Crippen LogP contribution in [-0.4, -0.2) is 7.05 Å². The summed E-state index contributed by atoms with van der Waals surface area (Å²) in [6.07, 6.45) is 2.14. The van der Waals surface area contributed by atoms with Crippen LogP contribution in [0.3, 0.4) is 0 Å². The monoisotopic (exact) mass is 273 g/mol. The van der Waals surface area contributed by atoms with Gasteiger partial charge in [0.15, 0.2) is 0 Å². The third kappa shape index (κ3) is 4.09. The third-order valence-electron chi connectivity index (χ3n) is 3.40. The summed E-state index contributed by atoms with van der Waals surface area (Å²) >= 11 is 6.06. The zero-order valence-corrected chi connectivity index (χ0v) is 12.2. The average molecular weight is 274 g/mol. The second kappa shape index (κ2) is 6.74. The maximum atomic E-state index is 6.06. The van der Waals surface area contributed by atoms with Crippen molar-refractivity contribution in [1.82, 2.24) is 5.32 Å². The summed E-state index contributed by atoms with van der Waals surface area (Å²) in [6, 6.07) is 17.1. The van der Waals surface area contributed by atoms with Crippen molar-refractivity contribution in [3.05, 3.63) is 70.2 Å². The Hall–Kier alpha value is -1.31. The lowest BCUT2D eigenvalue weighted by atomic mass is 9.98. The number of hydrogen-bond acceptors (Lipinski definition) is 1. The molecule has 0 saturated heterocycles. The van der Waals surface area contributed by atoms with Gasteiger partial charge in [-0.05, 0) is 50.1 Å². The van der Waals surface area contributed by atoms with Crippen LogP contribution in [0.5, 0.6) is 0 Å². The molecule has 0 aliphatic carbocycles. The molecule has 0 aliphatic heterocycles. The number of benzene rings is 2. The molecule has 1 unspecified atom stereocenters. The fourth-order valence-corrected chi connectivity index (χ4v) is 2.58. The van der Waals surface area contributed by atoms with Crippen LogP contribution in [0.25, 0.3) is 0 Å². The van der Waals surface area contributed by atoms with E-state index >= 15 is 0 Å². The van der Waals surface area contributed by atoms with Crippen LogP contribution in [0.4, 0.5) is 0 Å². The lowest BCUT2D eigenvalue weighted by Crippen LogP contribution is -2.17. The Morgan fingerprint density at radius 2 is 1.89 bits per heavy atom. The van der Waals surface area contributed by atoms with E-state index in [0.717, 1.165) is 17.9 Å². The summed E-state index contributed by atoms with van der Waals surface area (Å²) in [7, 11) is 2.00. The Labute approximate surface area is 120 Å². The van der Waals surface area contributed by atoms with Gasteiger partial charge < -0.3 is 5.32 Å². The highest BCUT2D eigenvalue weighted by molar-refractivity contribution is 6.30. The van der Waals surface area contributed by atoms with Crippen molar-refractivity contribution in [2.75, 3.05) is 7.05 Å². The first kappa shape index (κ1) is 14.1. The molecule has 0 bridgehead atoms. The van der Waals surface area contributed by atoms with Crippen LogP contribution in [0, 0.1) is 6.92 Å². The molecule has 0 radical (unpaired) electrons. The first-order valence-corrected chi connectivity index (χ1v) is 7.05. The molecule has 0 fully saturated rings. The molecule has 2 aromatic carbocycles. The largest absolute Gasteiger partial charge is 0.313 e. The zero-order valence-electron chi connectivity index (χ0n) is 11.5. The molecule has 2 aromatic rings. The van der Waals surface area contributed by atoms with Crippen LogP contribution >= 0.6 is 11.6 Å². The average Bonchev–Trinajstić information content (AvgIpc) is 2.40. The first-order chi connectivity index (χ1) is 9.19. The van der Waals surface area contributed by atoms with Crippen LogP contribution < -0.4 is 5.32 Å². The van der Waals surface area contributed by atoms with Gasteiger partial charge in [0, 0.05) is 11.1 Å². The van der Waals surface area contributed by atoms with Crippen molar-refractivity contribution in [2.45, 2.75) is 25.8 Å². The summed E-state index contributed by atoms with van der Waals surface area (Å²) in [5.74, 6) is 0. The second-order valence-corrected chi connectivity index (χ2v) is 5.36.